The molecule has 0 aromatic heterocycles. The Labute approximate surface area is 143 Å². The minimum atomic E-state index is -4.53. The third-order valence-corrected chi connectivity index (χ3v) is 4.04. The predicted molar refractivity (Wildman–Crippen MR) is 72.1 cm³/mol. The monoisotopic (exact) mass is 402 g/mol. The summed E-state index contributed by atoms with van der Waals surface area (Å²) in [5.74, 6) is -1.02. The van der Waals surface area contributed by atoms with Crippen molar-refractivity contribution in [3.05, 3.63) is 48.5 Å². The standard InChI is InChI=1S/2C6H6O4S.Fe/c2*7-5-3-1-2-4-6(5)11(8,9)10;/h2*1-4,7H,(H,8,9,10);/q;;+2/p-2. The van der Waals surface area contributed by atoms with Gasteiger partial charge in [-0.25, -0.2) is 16.8 Å². The average molecular weight is 402 g/mol. The van der Waals surface area contributed by atoms with Crippen LogP contribution in [0.2, 0.25) is 0 Å². The molecular weight excluding hydrogens is 392 g/mol. The molecule has 0 spiro atoms. The average Bonchev–Trinajstić information content (AvgIpc) is 2.37. The third-order valence-electron chi connectivity index (χ3n) is 2.27. The summed E-state index contributed by atoms with van der Waals surface area (Å²) in [5, 5.41) is 17.7. The maximum Gasteiger partial charge on any atom is 2.00 e. The Morgan fingerprint density at radius 1 is 0.652 bits per heavy atom. The number of aromatic hydroxyl groups is 2. The van der Waals surface area contributed by atoms with E-state index in [4.69, 9.17) is 10.2 Å². The van der Waals surface area contributed by atoms with Crippen LogP contribution in [-0.4, -0.2) is 36.2 Å². The largest absolute Gasteiger partial charge is 2.00 e. The Bertz CT molecular complexity index is 789. The molecule has 126 valence electrons. The second kappa shape index (κ2) is 8.29. The van der Waals surface area contributed by atoms with E-state index in [1.54, 1.807) is 0 Å². The Balaban J connectivity index is 0.000000403. The van der Waals surface area contributed by atoms with Gasteiger partial charge in [0.1, 0.15) is 31.7 Å². The van der Waals surface area contributed by atoms with E-state index in [0.29, 0.717) is 0 Å². The fourth-order valence-electron chi connectivity index (χ4n) is 1.34. The van der Waals surface area contributed by atoms with Crippen molar-refractivity contribution < 1.29 is 53.2 Å². The number of rotatable bonds is 2. The molecular formula is C12H10FeO8S2. The molecule has 0 saturated carbocycles. The first-order valence-corrected chi connectivity index (χ1v) is 8.33. The quantitative estimate of drug-likeness (QED) is 0.546. The molecule has 0 aliphatic rings. The Morgan fingerprint density at radius 2 is 0.913 bits per heavy atom. The van der Waals surface area contributed by atoms with Crippen LogP contribution < -0.4 is 0 Å². The van der Waals surface area contributed by atoms with E-state index in [2.05, 4.69) is 0 Å². The summed E-state index contributed by atoms with van der Waals surface area (Å²) in [6, 6.07) is 9.99. The van der Waals surface area contributed by atoms with E-state index in [1.165, 1.54) is 24.3 Å². The number of para-hydroxylation sites is 2. The third kappa shape index (κ3) is 6.57. The molecule has 23 heavy (non-hydrogen) atoms. The minimum Gasteiger partial charge on any atom is -0.744 e. The molecule has 2 aromatic carbocycles. The van der Waals surface area contributed by atoms with Crippen LogP contribution in [0.4, 0.5) is 0 Å². The molecule has 2 rings (SSSR count). The first kappa shape index (κ1) is 21.4. The Morgan fingerprint density at radius 3 is 1.09 bits per heavy atom. The van der Waals surface area contributed by atoms with Gasteiger partial charge in [-0.1, -0.05) is 24.3 Å². The summed E-state index contributed by atoms with van der Waals surface area (Å²) in [6.45, 7) is 0. The predicted octanol–water partition coefficient (Wildman–Crippen LogP) is 0.590. The number of hydrogen-bond acceptors (Lipinski definition) is 8. The van der Waals surface area contributed by atoms with E-state index >= 15 is 0 Å². The van der Waals surface area contributed by atoms with Crippen LogP contribution in [-0.2, 0) is 37.3 Å². The molecule has 0 saturated heterocycles. The first-order valence-electron chi connectivity index (χ1n) is 5.51. The molecule has 0 aliphatic heterocycles. The van der Waals surface area contributed by atoms with E-state index in [0.717, 1.165) is 24.3 Å². The van der Waals surface area contributed by atoms with Crippen LogP contribution in [0.3, 0.4) is 0 Å². The Kier molecular flexibility index (Phi) is 7.71. The molecule has 0 fully saturated rings. The number of phenolic OH excluding ortho intramolecular Hbond substituents is 2. The van der Waals surface area contributed by atoms with Crippen LogP contribution in [0.5, 0.6) is 11.5 Å². The summed E-state index contributed by atoms with van der Waals surface area (Å²) < 4.78 is 62.0. The zero-order valence-corrected chi connectivity index (χ0v) is 13.9. The van der Waals surface area contributed by atoms with Crippen LogP contribution >= 0.6 is 0 Å². The molecule has 2 aromatic rings. The van der Waals surface area contributed by atoms with E-state index in [1.807, 2.05) is 0 Å². The molecule has 11 heteroatoms. The smallest absolute Gasteiger partial charge is 0.744 e. The maximum absolute atomic E-state index is 10.3. The van der Waals surface area contributed by atoms with Gasteiger partial charge in [-0.15, -0.1) is 0 Å². The number of hydrogen-bond donors (Lipinski definition) is 2. The Hall–Kier alpha value is -1.62. The van der Waals surface area contributed by atoms with Crippen LogP contribution in [0.15, 0.2) is 58.3 Å². The minimum absolute atomic E-state index is 0. The van der Waals surface area contributed by atoms with E-state index in [9.17, 15) is 25.9 Å². The summed E-state index contributed by atoms with van der Waals surface area (Å²) in [6.07, 6.45) is 0. The maximum atomic E-state index is 10.3. The van der Waals surface area contributed by atoms with Gasteiger partial charge in [0, 0.05) is 0 Å². The van der Waals surface area contributed by atoms with Crippen molar-refractivity contribution in [2.45, 2.75) is 9.79 Å². The number of benzene rings is 2. The number of phenols is 2. The van der Waals surface area contributed by atoms with Crippen LogP contribution in [0.1, 0.15) is 0 Å². The van der Waals surface area contributed by atoms with E-state index < -0.39 is 41.5 Å². The summed E-state index contributed by atoms with van der Waals surface area (Å²) in [7, 11) is -9.07. The normalized spacial score (nSPS) is 10.9. The van der Waals surface area contributed by atoms with Crippen molar-refractivity contribution in [3.63, 3.8) is 0 Å². The van der Waals surface area contributed by atoms with Gasteiger partial charge in [-0.2, -0.15) is 0 Å². The fourth-order valence-corrected chi connectivity index (χ4v) is 2.48. The van der Waals surface area contributed by atoms with Gasteiger partial charge in [-0.3, -0.25) is 0 Å². The van der Waals surface area contributed by atoms with E-state index in [-0.39, 0.29) is 17.1 Å². The van der Waals surface area contributed by atoms with Gasteiger partial charge >= 0.3 is 17.1 Å². The van der Waals surface area contributed by atoms with Crippen molar-refractivity contribution in [2.24, 2.45) is 0 Å². The molecule has 0 unspecified atom stereocenters. The van der Waals surface area contributed by atoms with Gasteiger partial charge in [0.25, 0.3) is 0 Å². The van der Waals surface area contributed by atoms with Gasteiger partial charge < -0.3 is 19.3 Å². The fraction of sp³-hybridized carbons (Fsp3) is 0. The van der Waals surface area contributed by atoms with Crippen molar-refractivity contribution >= 4 is 20.2 Å². The second-order valence-electron chi connectivity index (χ2n) is 3.84. The molecule has 0 amide bonds. The topological polar surface area (TPSA) is 155 Å². The SMILES string of the molecule is O=S(=O)([O-])c1ccccc1O.O=S(=O)([O-])c1ccccc1O.[Fe+2]. The molecule has 0 bridgehead atoms. The summed E-state index contributed by atoms with van der Waals surface area (Å²) in [5.41, 5.74) is 0. The molecule has 2 N–H and O–H groups in total. The molecule has 8 nitrogen and oxygen atoms in total. The van der Waals surface area contributed by atoms with Crippen molar-refractivity contribution in [2.75, 3.05) is 0 Å². The van der Waals surface area contributed by atoms with Gasteiger partial charge in [0.2, 0.25) is 0 Å². The van der Waals surface area contributed by atoms with Gasteiger partial charge in [-0.05, 0) is 24.3 Å². The molecule has 0 heterocycles. The van der Waals surface area contributed by atoms with Crippen LogP contribution in [0.25, 0.3) is 0 Å². The van der Waals surface area contributed by atoms with Gasteiger partial charge in [0.05, 0.1) is 9.79 Å². The zero-order valence-electron chi connectivity index (χ0n) is 11.1. The zero-order chi connectivity index (χ0) is 17.0. The second-order valence-corrected chi connectivity index (χ2v) is 6.54. The summed E-state index contributed by atoms with van der Waals surface area (Å²) in [4.78, 5) is -1.17. The van der Waals surface area contributed by atoms with Crippen LogP contribution in [0, 0.1) is 0 Å². The van der Waals surface area contributed by atoms with Crippen molar-refractivity contribution in [1.82, 2.24) is 0 Å². The molecule has 0 radical (unpaired) electrons. The van der Waals surface area contributed by atoms with Crippen molar-refractivity contribution in [1.29, 1.82) is 0 Å². The summed E-state index contributed by atoms with van der Waals surface area (Å²) >= 11 is 0. The molecule has 0 atom stereocenters. The van der Waals surface area contributed by atoms with Crippen molar-refractivity contribution in [3.8, 4) is 11.5 Å². The first-order chi connectivity index (χ1) is 10.0. The molecule has 0 aliphatic carbocycles. The van der Waals surface area contributed by atoms with Gasteiger partial charge in [0.15, 0.2) is 0 Å².